The van der Waals surface area contributed by atoms with Crippen molar-refractivity contribution in [1.29, 1.82) is 0 Å². The average molecular weight is 381 g/mol. The summed E-state index contributed by atoms with van der Waals surface area (Å²) in [7, 11) is 0. The van der Waals surface area contributed by atoms with Gasteiger partial charge in [-0.1, -0.05) is 63.6 Å². The number of quaternary nitrogens is 1. The van der Waals surface area contributed by atoms with E-state index in [-0.39, 0.29) is 24.4 Å². The molecule has 2 amide bonds. The van der Waals surface area contributed by atoms with E-state index in [1.165, 1.54) is 11.1 Å². The number of para-hydroxylation sites is 2. The molecule has 0 aromatic heterocycles. The molecular weight excluding hydrogens is 350 g/mol. The highest BCUT2D eigenvalue weighted by Gasteiger charge is 2.29. The average Bonchev–Trinajstić information content (AvgIpc) is 2.68. The van der Waals surface area contributed by atoms with Crippen molar-refractivity contribution >= 4 is 23.2 Å². The molecular formula is C23H30N3O2+. The maximum atomic E-state index is 12.9. The lowest BCUT2D eigenvalue weighted by atomic mass is 9.94. The number of fused-ring (bicyclic) bond motifs is 1. The van der Waals surface area contributed by atoms with Crippen molar-refractivity contribution in [3.8, 4) is 0 Å². The molecule has 1 aliphatic heterocycles. The molecule has 0 spiro atoms. The second-order valence-corrected chi connectivity index (χ2v) is 7.75. The third kappa shape index (κ3) is 4.60. The van der Waals surface area contributed by atoms with E-state index in [0.29, 0.717) is 18.2 Å². The molecule has 0 bridgehead atoms. The molecule has 3 N–H and O–H groups in total. The second-order valence-electron chi connectivity index (χ2n) is 7.75. The van der Waals surface area contributed by atoms with Crippen molar-refractivity contribution in [2.24, 2.45) is 5.92 Å². The van der Waals surface area contributed by atoms with Crippen molar-refractivity contribution in [2.45, 2.75) is 39.7 Å². The van der Waals surface area contributed by atoms with Gasteiger partial charge in [-0.05, 0) is 24.1 Å². The van der Waals surface area contributed by atoms with E-state index in [9.17, 15) is 9.59 Å². The van der Waals surface area contributed by atoms with Gasteiger partial charge in [0.2, 0.25) is 5.91 Å². The Hall–Kier alpha value is -2.66. The van der Waals surface area contributed by atoms with Crippen LogP contribution in [-0.4, -0.2) is 24.9 Å². The third-order valence-electron chi connectivity index (χ3n) is 5.24. The first-order chi connectivity index (χ1) is 13.5. The summed E-state index contributed by atoms with van der Waals surface area (Å²) in [4.78, 5) is 26.5. The Labute approximate surface area is 167 Å². The highest BCUT2D eigenvalue weighted by molar-refractivity contribution is 6.10. The van der Waals surface area contributed by atoms with Gasteiger partial charge >= 0.3 is 0 Å². The van der Waals surface area contributed by atoms with Gasteiger partial charge in [0.1, 0.15) is 12.6 Å². The van der Waals surface area contributed by atoms with Gasteiger partial charge < -0.3 is 10.6 Å². The zero-order valence-corrected chi connectivity index (χ0v) is 16.9. The number of nitrogens with zero attached hydrogens (tertiary/aromatic N) is 1. The second kappa shape index (κ2) is 9.02. The van der Waals surface area contributed by atoms with Gasteiger partial charge in [0.05, 0.1) is 11.4 Å². The summed E-state index contributed by atoms with van der Waals surface area (Å²) in [6, 6.07) is 16.4. The van der Waals surface area contributed by atoms with Crippen LogP contribution in [0.3, 0.4) is 0 Å². The van der Waals surface area contributed by atoms with Crippen LogP contribution in [0, 0.1) is 5.92 Å². The monoisotopic (exact) mass is 380 g/mol. The summed E-state index contributed by atoms with van der Waals surface area (Å²) in [5.74, 6) is 0.191. The summed E-state index contributed by atoms with van der Waals surface area (Å²) < 4.78 is 0. The molecule has 2 aromatic rings. The summed E-state index contributed by atoms with van der Waals surface area (Å²) in [6.07, 6.45) is 2.23. The van der Waals surface area contributed by atoms with E-state index in [2.05, 4.69) is 55.7 Å². The van der Waals surface area contributed by atoms with Gasteiger partial charge in [-0.15, -0.1) is 0 Å². The number of anilines is 2. The minimum absolute atomic E-state index is 0.0458. The summed E-state index contributed by atoms with van der Waals surface area (Å²) in [5, 5.41) is 4.92. The fourth-order valence-electron chi connectivity index (χ4n) is 3.78. The first kappa shape index (κ1) is 20.1. The number of carbonyl (C=O) groups excluding carboxylic acids is 2. The predicted molar refractivity (Wildman–Crippen MR) is 112 cm³/mol. The van der Waals surface area contributed by atoms with Crippen molar-refractivity contribution in [2.75, 3.05) is 23.3 Å². The number of hydrogen-bond acceptors (Lipinski definition) is 2. The van der Waals surface area contributed by atoms with Gasteiger partial charge in [-0.3, -0.25) is 14.5 Å². The number of hydrogen-bond donors (Lipinski definition) is 2. The molecule has 1 atom stereocenters. The minimum atomic E-state index is -0.154. The van der Waals surface area contributed by atoms with E-state index in [0.717, 1.165) is 18.5 Å². The lowest BCUT2D eigenvalue weighted by Gasteiger charge is -2.29. The van der Waals surface area contributed by atoms with E-state index in [1.807, 2.05) is 24.3 Å². The number of nitrogens with one attached hydrogen (secondary N) is 1. The topological polar surface area (TPSA) is 66.0 Å². The Morgan fingerprint density at radius 2 is 1.86 bits per heavy atom. The van der Waals surface area contributed by atoms with Crippen molar-refractivity contribution < 1.29 is 14.9 Å². The van der Waals surface area contributed by atoms with Crippen LogP contribution in [0.4, 0.5) is 11.4 Å². The molecule has 0 fully saturated rings. The highest BCUT2D eigenvalue weighted by Crippen LogP contribution is 2.28. The quantitative estimate of drug-likeness (QED) is 0.776. The largest absolute Gasteiger partial charge is 0.332 e. The van der Waals surface area contributed by atoms with Crippen LogP contribution in [0.2, 0.25) is 0 Å². The van der Waals surface area contributed by atoms with E-state index < -0.39 is 0 Å². The van der Waals surface area contributed by atoms with E-state index in [1.54, 1.807) is 4.90 Å². The Morgan fingerprint density at radius 3 is 2.54 bits per heavy atom. The normalized spacial score (nSPS) is 14.6. The maximum absolute atomic E-state index is 12.9. The molecule has 1 aliphatic rings. The lowest BCUT2D eigenvalue weighted by Crippen LogP contribution is -2.88. The van der Waals surface area contributed by atoms with Crippen molar-refractivity contribution in [1.82, 2.24) is 0 Å². The van der Waals surface area contributed by atoms with Crippen molar-refractivity contribution in [3.05, 3.63) is 59.7 Å². The molecule has 28 heavy (non-hydrogen) atoms. The number of nitrogens with two attached hydrogens (primary N) is 1. The highest BCUT2D eigenvalue weighted by atomic mass is 16.2. The standard InChI is InChI=1S/C23H29N3O2/c1-4-7-17-10-12-18(13-11-17)23(16(2)3)24-14-22(28)26-15-21(27)25-19-8-5-6-9-20(19)26/h5-6,8-13,16,23-24H,4,7,14-15H2,1-3H3,(H,25,27)/p+1/t23-/m1/s1. The number of rotatable bonds is 7. The fourth-order valence-corrected chi connectivity index (χ4v) is 3.78. The minimum Gasteiger partial charge on any atom is -0.332 e. The molecule has 1 heterocycles. The fraction of sp³-hybridized carbons (Fsp3) is 0.391. The molecule has 0 aliphatic carbocycles. The molecule has 0 radical (unpaired) electrons. The Morgan fingerprint density at radius 1 is 1.14 bits per heavy atom. The zero-order valence-electron chi connectivity index (χ0n) is 16.9. The van der Waals surface area contributed by atoms with Crippen LogP contribution in [-0.2, 0) is 16.0 Å². The third-order valence-corrected chi connectivity index (χ3v) is 5.24. The molecule has 0 saturated carbocycles. The van der Waals surface area contributed by atoms with Gasteiger partial charge in [0.25, 0.3) is 5.91 Å². The lowest BCUT2D eigenvalue weighted by molar-refractivity contribution is -0.692. The van der Waals surface area contributed by atoms with Crippen LogP contribution < -0.4 is 15.5 Å². The van der Waals surface area contributed by atoms with Crippen LogP contribution >= 0.6 is 0 Å². The first-order valence-corrected chi connectivity index (χ1v) is 10.1. The van der Waals surface area contributed by atoms with E-state index in [4.69, 9.17) is 0 Å². The number of amides is 2. The molecule has 0 saturated heterocycles. The Balaban J connectivity index is 1.70. The molecule has 0 unspecified atom stereocenters. The first-order valence-electron chi connectivity index (χ1n) is 10.1. The van der Waals surface area contributed by atoms with Gasteiger partial charge in [0.15, 0.2) is 6.54 Å². The number of benzene rings is 2. The molecule has 3 rings (SSSR count). The van der Waals surface area contributed by atoms with Crippen LogP contribution in [0.5, 0.6) is 0 Å². The van der Waals surface area contributed by atoms with Crippen LogP contribution in [0.15, 0.2) is 48.5 Å². The van der Waals surface area contributed by atoms with Crippen molar-refractivity contribution in [3.63, 3.8) is 0 Å². The SMILES string of the molecule is CCCc1ccc([C@H]([NH2+]CC(=O)N2CC(=O)Nc3ccccc32)C(C)C)cc1. The van der Waals surface area contributed by atoms with Crippen LogP contribution in [0.25, 0.3) is 0 Å². The summed E-state index contributed by atoms with van der Waals surface area (Å²) in [6.45, 7) is 6.91. The molecule has 2 aromatic carbocycles. The Kier molecular flexibility index (Phi) is 6.47. The molecule has 148 valence electrons. The van der Waals surface area contributed by atoms with Gasteiger partial charge in [-0.25, -0.2) is 0 Å². The molecule has 5 nitrogen and oxygen atoms in total. The van der Waals surface area contributed by atoms with Gasteiger partial charge in [0, 0.05) is 11.5 Å². The van der Waals surface area contributed by atoms with Crippen LogP contribution in [0.1, 0.15) is 44.4 Å². The smallest absolute Gasteiger partial charge is 0.282 e. The Bertz CT molecular complexity index is 830. The molecule has 5 heteroatoms. The number of carbonyl (C=O) groups is 2. The number of aryl methyl sites for hydroxylation is 1. The predicted octanol–water partition coefficient (Wildman–Crippen LogP) is 2.88. The van der Waals surface area contributed by atoms with E-state index >= 15 is 0 Å². The summed E-state index contributed by atoms with van der Waals surface area (Å²) in [5.41, 5.74) is 4.05. The summed E-state index contributed by atoms with van der Waals surface area (Å²) >= 11 is 0. The van der Waals surface area contributed by atoms with Gasteiger partial charge in [-0.2, -0.15) is 0 Å². The zero-order chi connectivity index (χ0) is 20.1. The maximum Gasteiger partial charge on any atom is 0.282 e.